The van der Waals surface area contributed by atoms with Gasteiger partial charge in [-0.1, -0.05) is 0 Å². The van der Waals surface area contributed by atoms with E-state index in [2.05, 4.69) is 0 Å². The van der Waals surface area contributed by atoms with Gasteiger partial charge in [0.1, 0.15) is 6.04 Å². The fourth-order valence-corrected chi connectivity index (χ4v) is 0. The molecule has 0 aliphatic heterocycles. The van der Waals surface area contributed by atoms with Crippen LogP contribution in [0.4, 0.5) is 0 Å². The Labute approximate surface area is 61.0 Å². The minimum Gasteiger partial charge on any atom is -0.480 e. The summed E-state index contributed by atoms with van der Waals surface area (Å²) >= 11 is 0. The molecule has 0 aliphatic carbocycles. The summed E-state index contributed by atoms with van der Waals surface area (Å²) < 4.78 is 0. The number of hydrogen-bond donors (Lipinski definition) is 2. The van der Waals surface area contributed by atoms with Gasteiger partial charge >= 0.3 is 5.97 Å². The first-order chi connectivity index (χ1) is 2.64. The second kappa shape index (κ2) is 4.47. The predicted molar refractivity (Wildman–Crippen MR) is 21.3 cm³/mol. The monoisotopic (exact) mass is 179 g/mol. The van der Waals surface area contributed by atoms with Crippen LogP contribution in [-0.4, -0.2) is 17.1 Å². The molecule has 0 saturated carbocycles. The number of rotatable bonds is 1. The van der Waals surface area contributed by atoms with Crippen molar-refractivity contribution in [3.8, 4) is 0 Å². The average molecular weight is 180 g/mol. The van der Waals surface area contributed by atoms with Gasteiger partial charge in [-0.05, 0) is 6.92 Å². The maximum atomic E-state index is 9.57. The van der Waals surface area contributed by atoms with Gasteiger partial charge in [0.15, 0.2) is 0 Å². The molecule has 40 valence electrons. The number of aliphatic carboxylic acids is 1. The Morgan fingerprint density at radius 1 is 1.86 bits per heavy atom. The van der Waals surface area contributed by atoms with Crippen molar-refractivity contribution in [2.75, 3.05) is 0 Å². The van der Waals surface area contributed by atoms with Crippen LogP contribution in [0.5, 0.6) is 0 Å². The van der Waals surface area contributed by atoms with Crippen LogP contribution in [0, 0.1) is 0 Å². The van der Waals surface area contributed by atoms with Gasteiger partial charge in [-0.2, -0.15) is 0 Å². The van der Waals surface area contributed by atoms with Crippen LogP contribution in [0.3, 0.4) is 0 Å². The largest absolute Gasteiger partial charge is 0.480 e. The van der Waals surface area contributed by atoms with Gasteiger partial charge in [0.25, 0.3) is 0 Å². The summed E-state index contributed by atoms with van der Waals surface area (Å²) in [6, 6.07) is -0.731. The van der Waals surface area contributed by atoms with Crippen LogP contribution in [0.1, 0.15) is 6.92 Å². The zero-order chi connectivity index (χ0) is 5.15. The molecule has 0 amide bonds. The van der Waals surface area contributed by atoms with Gasteiger partial charge in [0.2, 0.25) is 0 Å². The predicted octanol–water partition coefficient (Wildman–Crippen LogP) is -0.584. The van der Waals surface area contributed by atoms with Crippen molar-refractivity contribution in [3.05, 3.63) is 0 Å². The summed E-state index contributed by atoms with van der Waals surface area (Å²) in [6.45, 7) is 1.42. The first kappa shape index (κ1) is 10.3. The fourth-order valence-electron chi connectivity index (χ4n) is 0. The number of nitrogens with two attached hydrogens (primary N) is 1. The Morgan fingerprint density at radius 2 is 2.00 bits per heavy atom. The average Bonchev–Trinajstić information content (AvgIpc) is 1.36. The summed E-state index contributed by atoms with van der Waals surface area (Å²) in [6.07, 6.45) is 0. The van der Waals surface area contributed by atoms with E-state index in [0.717, 1.165) is 0 Å². The van der Waals surface area contributed by atoms with Crippen molar-refractivity contribution >= 4 is 5.97 Å². The molecule has 0 aromatic rings. The SMILES string of the molecule is CC(N)C(=O)O.[Zr]. The number of hydrogen-bond acceptors (Lipinski definition) is 2. The minimum atomic E-state index is -0.963. The molecule has 0 bridgehead atoms. The second-order valence-electron chi connectivity index (χ2n) is 1.13. The third kappa shape index (κ3) is 6.31. The van der Waals surface area contributed by atoms with Crippen molar-refractivity contribution in [1.29, 1.82) is 0 Å². The van der Waals surface area contributed by atoms with E-state index in [1.807, 2.05) is 0 Å². The third-order valence-electron chi connectivity index (χ3n) is 0.390. The Bertz CT molecular complexity index is 64.0. The molecule has 0 aromatic heterocycles. The molecule has 3 N–H and O–H groups in total. The molecule has 7 heavy (non-hydrogen) atoms. The van der Waals surface area contributed by atoms with Crippen LogP contribution in [0.15, 0.2) is 0 Å². The molecule has 0 aromatic carbocycles. The zero-order valence-corrected chi connectivity index (χ0v) is 6.47. The standard InChI is InChI=1S/C3H7NO2.Zr/c1-2(4)3(5)6;/h2H,4H2,1H3,(H,5,6);. The van der Waals surface area contributed by atoms with Crippen molar-refractivity contribution in [2.24, 2.45) is 5.73 Å². The van der Waals surface area contributed by atoms with Crippen LogP contribution in [0.2, 0.25) is 0 Å². The third-order valence-corrected chi connectivity index (χ3v) is 0.390. The van der Waals surface area contributed by atoms with E-state index in [9.17, 15) is 4.79 Å². The maximum absolute atomic E-state index is 9.57. The van der Waals surface area contributed by atoms with Gasteiger partial charge in [0, 0.05) is 26.2 Å². The fraction of sp³-hybridized carbons (Fsp3) is 0.667. The van der Waals surface area contributed by atoms with E-state index >= 15 is 0 Å². The normalized spacial score (nSPS) is 11.7. The molecule has 0 heterocycles. The minimum absolute atomic E-state index is 0. The number of carboxylic acids is 1. The molecular weight excluding hydrogens is 173 g/mol. The molecule has 1 atom stereocenters. The molecule has 3 nitrogen and oxygen atoms in total. The summed E-state index contributed by atoms with van der Waals surface area (Å²) in [5.41, 5.74) is 4.84. The molecule has 0 saturated heterocycles. The molecular formula is C3H7NO2Zr. The molecule has 0 aliphatic rings. The Kier molecular flexibility index (Phi) is 6.60. The van der Waals surface area contributed by atoms with E-state index in [0.29, 0.717) is 0 Å². The summed E-state index contributed by atoms with van der Waals surface area (Å²) in [5.74, 6) is -0.963. The summed E-state index contributed by atoms with van der Waals surface area (Å²) in [4.78, 5) is 9.57. The quantitative estimate of drug-likeness (QED) is 0.567. The van der Waals surface area contributed by atoms with Crippen molar-refractivity contribution in [3.63, 3.8) is 0 Å². The van der Waals surface area contributed by atoms with Crippen LogP contribution in [0.25, 0.3) is 0 Å². The van der Waals surface area contributed by atoms with Crippen molar-refractivity contribution in [2.45, 2.75) is 13.0 Å². The van der Waals surface area contributed by atoms with E-state index < -0.39 is 12.0 Å². The van der Waals surface area contributed by atoms with Crippen molar-refractivity contribution < 1.29 is 36.1 Å². The van der Waals surface area contributed by atoms with E-state index in [4.69, 9.17) is 10.8 Å². The topological polar surface area (TPSA) is 63.3 Å². The van der Waals surface area contributed by atoms with Crippen LogP contribution >= 0.6 is 0 Å². The molecule has 0 spiro atoms. The first-order valence-corrected chi connectivity index (χ1v) is 1.63. The first-order valence-electron chi connectivity index (χ1n) is 1.63. The van der Waals surface area contributed by atoms with Crippen molar-refractivity contribution in [1.82, 2.24) is 0 Å². The molecule has 1 unspecified atom stereocenters. The molecule has 0 rings (SSSR count). The number of carbonyl (C=O) groups is 1. The van der Waals surface area contributed by atoms with Gasteiger partial charge in [-0.3, -0.25) is 4.79 Å². The zero-order valence-electron chi connectivity index (χ0n) is 4.01. The number of carboxylic acid groups (broad SMARTS) is 1. The summed E-state index contributed by atoms with van der Waals surface area (Å²) in [7, 11) is 0. The van der Waals surface area contributed by atoms with Gasteiger partial charge in [-0.15, -0.1) is 0 Å². The smallest absolute Gasteiger partial charge is 0.320 e. The van der Waals surface area contributed by atoms with Gasteiger partial charge < -0.3 is 10.8 Å². The molecule has 0 fully saturated rings. The Balaban J connectivity index is 0. The van der Waals surface area contributed by atoms with Gasteiger partial charge in [-0.25, -0.2) is 0 Å². The van der Waals surface area contributed by atoms with Gasteiger partial charge in [0.05, 0.1) is 0 Å². The van der Waals surface area contributed by atoms with E-state index in [-0.39, 0.29) is 26.2 Å². The van der Waals surface area contributed by atoms with E-state index in [1.54, 1.807) is 0 Å². The second-order valence-corrected chi connectivity index (χ2v) is 1.13. The maximum Gasteiger partial charge on any atom is 0.320 e. The van der Waals surface area contributed by atoms with E-state index in [1.165, 1.54) is 6.92 Å². The van der Waals surface area contributed by atoms with Crippen LogP contribution in [-0.2, 0) is 31.0 Å². The summed E-state index contributed by atoms with van der Waals surface area (Å²) in [5, 5.41) is 7.87. The molecule has 4 heteroatoms. The Morgan fingerprint density at radius 3 is 2.00 bits per heavy atom. The van der Waals surface area contributed by atoms with Crippen LogP contribution < -0.4 is 5.73 Å². The Hall–Kier alpha value is 0.313. The molecule has 0 radical (unpaired) electrons.